The molecule has 6 nitrogen and oxygen atoms in total. The first kappa shape index (κ1) is 18.4. The van der Waals surface area contributed by atoms with Crippen LogP contribution in [0.25, 0.3) is 0 Å². The van der Waals surface area contributed by atoms with Crippen molar-refractivity contribution >= 4 is 34.1 Å². The Morgan fingerprint density at radius 2 is 1.96 bits per heavy atom. The summed E-state index contributed by atoms with van der Waals surface area (Å²) in [7, 11) is 0. The Kier molecular flexibility index (Phi) is 5.99. The first-order valence-electron chi connectivity index (χ1n) is 8.24. The summed E-state index contributed by atoms with van der Waals surface area (Å²) in [6.07, 6.45) is 1.72. The second-order valence-electron chi connectivity index (χ2n) is 6.09. The SMILES string of the molecule is CCCNC(=O)C(C)OC(=O)c1c(NC(=O)C2CC2)sc(C)c1C. The highest BCUT2D eigenvalue weighted by molar-refractivity contribution is 7.16. The number of thiophene rings is 1. The average Bonchev–Trinajstić information content (AvgIpc) is 3.33. The summed E-state index contributed by atoms with van der Waals surface area (Å²) in [6.45, 7) is 7.74. The van der Waals surface area contributed by atoms with E-state index < -0.39 is 12.1 Å². The molecule has 2 amide bonds. The Balaban J connectivity index is 2.10. The van der Waals surface area contributed by atoms with Crippen molar-refractivity contribution in [3.63, 3.8) is 0 Å². The van der Waals surface area contributed by atoms with E-state index >= 15 is 0 Å². The van der Waals surface area contributed by atoms with Crippen LogP contribution in [0.3, 0.4) is 0 Å². The summed E-state index contributed by atoms with van der Waals surface area (Å²) in [5.74, 6) is -0.908. The Morgan fingerprint density at radius 1 is 1.29 bits per heavy atom. The van der Waals surface area contributed by atoms with Crippen LogP contribution < -0.4 is 10.6 Å². The zero-order chi connectivity index (χ0) is 17.9. The van der Waals surface area contributed by atoms with E-state index in [1.165, 1.54) is 11.3 Å². The second-order valence-corrected chi connectivity index (χ2v) is 7.31. The molecule has 0 radical (unpaired) electrons. The highest BCUT2D eigenvalue weighted by Crippen LogP contribution is 2.36. The normalized spacial score (nSPS) is 14.8. The lowest BCUT2D eigenvalue weighted by molar-refractivity contribution is -0.129. The number of aryl methyl sites for hydroxylation is 1. The van der Waals surface area contributed by atoms with Crippen LogP contribution in [-0.2, 0) is 14.3 Å². The first-order chi connectivity index (χ1) is 11.3. The lowest BCUT2D eigenvalue weighted by atomic mass is 10.1. The number of rotatable bonds is 7. The standard InChI is InChI=1S/C17H24N2O4S/c1-5-8-18-14(20)10(3)23-17(22)13-9(2)11(4)24-16(13)19-15(21)12-6-7-12/h10,12H,5-8H2,1-4H3,(H,18,20)(H,19,21). The molecule has 1 aliphatic rings. The van der Waals surface area contributed by atoms with Crippen LogP contribution in [0.5, 0.6) is 0 Å². The van der Waals surface area contributed by atoms with Crippen molar-refractivity contribution in [2.75, 3.05) is 11.9 Å². The number of nitrogens with one attached hydrogen (secondary N) is 2. The van der Waals surface area contributed by atoms with Crippen molar-refractivity contribution < 1.29 is 19.1 Å². The molecular weight excluding hydrogens is 328 g/mol. The summed E-state index contributed by atoms with van der Waals surface area (Å²) in [5.41, 5.74) is 1.12. The zero-order valence-corrected chi connectivity index (χ0v) is 15.3. The molecule has 2 N–H and O–H groups in total. The average molecular weight is 352 g/mol. The van der Waals surface area contributed by atoms with Crippen molar-refractivity contribution in [3.8, 4) is 0 Å². The molecule has 0 aliphatic heterocycles. The molecule has 1 atom stereocenters. The maximum Gasteiger partial charge on any atom is 0.342 e. The molecule has 0 aromatic carbocycles. The molecule has 1 unspecified atom stereocenters. The quantitative estimate of drug-likeness (QED) is 0.739. The zero-order valence-electron chi connectivity index (χ0n) is 14.5. The van der Waals surface area contributed by atoms with Crippen molar-refractivity contribution in [2.24, 2.45) is 5.92 Å². The highest BCUT2D eigenvalue weighted by atomic mass is 32.1. The van der Waals surface area contributed by atoms with Gasteiger partial charge in [-0.2, -0.15) is 0 Å². The largest absolute Gasteiger partial charge is 0.449 e. The number of hydrogen-bond donors (Lipinski definition) is 2. The highest BCUT2D eigenvalue weighted by Gasteiger charge is 2.32. The van der Waals surface area contributed by atoms with Crippen LogP contribution >= 0.6 is 11.3 Å². The molecule has 0 spiro atoms. The van der Waals surface area contributed by atoms with Crippen molar-refractivity contribution in [3.05, 3.63) is 16.0 Å². The Morgan fingerprint density at radius 3 is 2.54 bits per heavy atom. The Labute approximate surface area is 146 Å². The third kappa shape index (κ3) is 4.35. The molecule has 1 heterocycles. The van der Waals surface area contributed by atoms with Gasteiger partial charge >= 0.3 is 5.97 Å². The number of carbonyl (C=O) groups excluding carboxylic acids is 3. The number of amides is 2. The Hall–Kier alpha value is -1.89. The van der Waals surface area contributed by atoms with Crippen molar-refractivity contribution in [2.45, 2.75) is 53.1 Å². The molecule has 1 aromatic rings. The van der Waals surface area contributed by atoms with E-state index in [1.807, 2.05) is 20.8 Å². The lowest BCUT2D eigenvalue weighted by Gasteiger charge is -2.14. The van der Waals surface area contributed by atoms with Gasteiger partial charge in [-0.15, -0.1) is 11.3 Å². The molecule has 0 saturated heterocycles. The molecule has 0 bridgehead atoms. The van der Waals surface area contributed by atoms with Crippen LogP contribution in [-0.4, -0.2) is 30.4 Å². The molecule has 2 rings (SSSR count). The predicted molar refractivity (Wildman–Crippen MR) is 93.3 cm³/mol. The molecule has 1 fully saturated rings. The van der Waals surface area contributed by atoms with Gasteiger partial charge < -0.3 is 15.4 Å². The van der Waals surface area contributed by atoms with Gasteiger partial charge in [-0.05, 0) is 45.6 Å². The minimum atomic E-state index is -0.879. The minimum absolute atomic E-state index is 0.0512. The second kappa shape index (κ2) is 7.79. The van der Waals surface area contributed by atoms with Crippen LogP contribution in [0.4, 0.5) is 5.00 Å². The van der Waals surface area contributed by atoms with E-state index in [-0.39, 0.29) is 17.7 Å². The van der Waals surface area contributed by atoms with Gasteiger partial charge in [0, 0.05) is 17.3 Å². The monoisotopic (exact) mass is 352 g/mol. The molecule has 1 aliphatic carbocycles. The molecule has 7 heteroatoms. The summed E-state index contributed by atoms with van der Waals surface area (Å²) in [5, 5.41) is 6.03. The van der Waals surface area contributed by atoms with Crippen molar-refractivity contribution in [1.82, 2.24) is 5.32 Å². The first-order valence-corrected chi connectivity index (χ1v) is 9.06. The van der Waals surface area contributed by atoms with E-state index in [0.717, 1.165) is 29.7 Å². The molecule has 1 saturated carbocycles. The number of esters is 1. The van der Waals surface area contributed by atoms with Gasteiger partial charge in [-0.1, -0.05) is 6.92 Å². The van der Waals surface area contributed by atoms with Crippen molar-refractivity contribution in [1.29, 1.82) is 0 Å². The fraction of sp³-hybridized carbons (Fsp3) is 0.588. The summed E-state index contributed by atoms with van der Waals surface area (Å²) in [4.78, 5) is 37.3. The summed E-state index contributed by atoms with van der Waals surface area (Å²) >= 11 is 1.36. The van der Waals surface area contributed by atoms with Gasteiger partial charge in [0.05, 0.1) is 5.56 Å². The van der Waals surface area contributed by atoms with Gasteiger partial charge in [0.15, 0.2) is 6.10 Å². The number of ether oxygens (including phenoxy) is 1. The maximum atomic E-state index is 12.5. The molecular formula is C17H24N2O4S. The van der Waals surface area contributed by atoms with E-state index in [0.29, 0.717) is 17.1 Å². The van der Waals surface area contributed by atoms with E-state index in [1.54, 1.807) is 6.92 Å². The fourth-order valence-corrected chi connectivity index (χ4v) is 3.24. The topological polar surface area (TPSA) is 84.5 Å². The Bertz CT molecular complexity index is 649. The van der Waals surface area contributed by atoms with E-state index in [9.17, 15) is 14.4 Å². The van der Waals surface area contributed by atoms with Gasteiger partial charge in [-0.25, -0.2) is 4.79 Å². The summed E-state index contributed by atoms with van der Waals surface area (Å²) < 4.78 is 5.29. The number of carbonyl (C=O) groups is 3. The van der Waals surface area contributed by atoms with Crippen LogP contribution in [0.2, 0.25) is 0 Å². The van der Waals surface area contributed by atoms with Gasteiger partial charge in [0.2, 0.25) is 5.91 Å². The third-order valence-corrected chi connectivity index (χ3v) is 5.10. The lowest BCUT2D eigenvalue weighted by Crippen LogP contribution is -2.36. The van der Waals surface area contributed by atoms with Crippen LogP contribution in [0.1, 0.15) is 53.9 Å². The van der Waals surface area contributed by atoms with Crippen LogP contribution in [0.15, 0.2) is 0 Å². The van der Waals surface area contributed by atoms with E-state index in [2.05, 4.69) is 10.6 Å². The van der Waals surface area contributed by atoms with Gasteiger partial charge in [-0.3, -0.25) is 9.59 Å². The van der Waals surface area contributed by atoms with Gasteiger partial charge in [0.1, 0.15) is 5.00 Å². The van der Waals surface area contributed by atoms with Crippen LogP contribution in [0, 0.1) is 19.8 Å². The number of anilines is 1. The van der Waals surface area contributed by atoms with E-state index in [4.69, 9.17) is 4.74 Å². The minimum Gasteiger partial charge on any atom is -0.449 e. The van der Waals surface area contributed by atoms with Gasteiger partial charge in [0.25, 0.3) is 5.91 Å². The maximum absolute atomic E-state index is 12.5. The smallest absolute Gasteiger partial charge is 0.342 e. The molecule has 1 aromatic heterocycles. The predicted octanol–water partition coefficient (Wildman–Crippen LogP) is 2.78. The summed E-state index contributed by atoms with van der Waals surface area (Å²) in [6, 6.07) is 0. The molecule has 132 valence electrons. The fourth-order valence-electron chi connectivity index (χ4n) is 2.19. The third-order valence-electron chi connectivity index (χ3n) is 3.98. The molecule has 24 heavy (non-hydrogen) atoms. The number of hydrogen-bond acceptors (Lipinski definition) is 5.